The van der Waals surface area contributed by atoms with Gasteiger partial charge in [0.25, 0.3) is 10.0 Å². The quantitative estimate of drug-likeness (QED) is 0.808. The van der Waals surface area contributed by atoms with Crippen LogP contribution in [0.25, 0.3) is 0 Å². The topological polar surface area (TPSA) is 111 Å². The van der Waals surface area contributed by atoms with E-state index in [9.17, 15) is 8.42 Å². The second-order valence-electron chi connectivity index (χ2n) is 4.74. The average molecular weight is 392 g/mol. The molecule has 0 saturated carbocycles. The Labute approximate surface area is 135 Å². The van der Waals surface area contributed by atoms with Crippen molar-refractivity contribution in [3.63, 3.8) is 0 Å². The van der Waals surface area contributed by atoms with E-state index in [-0.39, 0.29) is 15.8 Å². The number of aromatic nitrogens is 3. The number of pyridine rings is 1. The van der Waals surface area contributed by atoms with Crippen molar-refractivity contribution in [1.29, 1.82) is 0 Å². The van der Waals surface area contributed by atoms with Crippen LogP contribution >= 0.6 is 27.3 Å². The van der Waals surface area contributed by atoms with Gasteiger partial charge in [-0.3, -0.25) is 4.72 Å². The molecular weight excluding hydrogens is 378 g/mol. The first-order valence-corrected chi connectivity index (χ1v) is 9.13. The lowest BCUT2D eigenvalue weighted by molar-refractivity contribution is 0.601. The Morgan fingerprint density at radius 1 is 1.43 bits per heavy atom. The number of rotatable bonds is 5. The highest BCUT2D eigenvalue weighted by Crippen LogP contribution is 2.25. The lowest BCUT2D eigenvalue weighted by atomic mass is 10.1. The normalized spacial score (nSPS) is 11.8. The van der Waals surface area contributed by atoms with E-state index in [4.69, 9.17) is 5.73 Å². The fourth-order valence-electron chi connectivity index (χ4n) is 1.54. The molecule has 114 valence electrons. The highest BCUT2D eigenvalue weighted by Gasteiger charge is 2.21. The van der Waals surface area contributed by atoms with Crippen LogP contribution in [0.1, 0.15) is 18.9 Å². The summed E-state index contributed by atoms with van der Waals surface area (Å²) in [6.45, 7) is 4.11. The predicted octanol–water partition coefficient (Wildman–Crippen LogP) is 2.28. The SMILES string of the molecule is CC(C)Cc1nnc(NS(=O)(=O)c2cc(Br)cnc2N)s1. The summed E-state index contributed by atoms with van der Waals surface area (Å²) >= 11 is 4.38. The van der Waals surface area contributed by atoms with Crippen LogP contribution in [0.3, 0.4) is 0 Å². The van der Waals surface area contributed by atoms with Gasteiger partial charge in [-0.05, 0) is 27.9 Å². The number of halogens is 1. The summed E-state index contributed by atoms with van der Waals surface area (Å²) in [5, 5.41) is 8.79. The molecule has 3 N–H and O–H groups in total. The molecule has 2 heterocycles. The summed E-state index contributed by atoms with van der Waals surface area (Å²) in [6, 6.07) is 1.39. The third-order valence-corrected chi connectivity index (χ3v) is 5.20. The van der Waals surface area contributed by atoms with E-state index in [2.05, 4.69) is 49.7 Å². The molecule has 0 bridgehead atoms. The van der Waals surface area contributed by atoms with Gasteiger partial charge in [0.2, 0.25) is 5.13 Å². The van der Waals surface area contributed by atoms with Gasteiger partial charge in [0, 0.05) is 17.1 Å². The third kappa shape index (κ3) is 4.11. The van der Waals surface area contributed by atoms with E-state index in [1.54, 1.807) is 0 Å². The summed E-state index contributed by atoms with van der Waals surface area (Å²) < 4.78 is 27.5. The standard InChI is InChI=1S/C11H14BrN5O2S2/c1-6(2)3-9-15-16-11(20-9)17-21(18,19)8-4-7(12)5-14-10(8)13/h4-6H,3H2,1-2H3,(H2,13,14)(H,16,17). The number of sulfonamides is 1. The van der Waals surface area contributed by atoms with E-state index < -0.39 is 10.0 Å². The minimum atomic E-state index is -3.84. The minimum Gasteiger partial charge on any atom is -0.383 e. The van der Waals surface area contributed by atoms with Crippen LogP contribution in [0, 0.1) is 5.92 Å². The number of nitrogen functional groups attached to an aromatic ring is 1. The summed E-state index contributed by atoms with van der Waals surface area (Å²) in [6.07, 6.45) is 2.18. The Bertz CT molecular complexity index is 745. The molecule has 0 spiro atoms. The summed E-state index contributed by atoms with van der Waals surface area (Å²) in [7, 11) is -3.84. The zero-order chi connectivity index (χ0) is 15.6. The molecule has 7 nitrogen and oxygen atoms in total. The van der Waals surface area contributed by atoms with Crippen molar-refractivity contribution in [3.8, 4) is 0 Å². The molecule has 0 aliphatic carbocycles. The first-order chi connectivity index (χ1) is 9.78. The Balaban J connectivity index is 2.25. The van der Waals surface area contributed by atoms with Gasteiger partial charge in [-0.2, -0.15) is 0 Å². The Morgan fingerprint density at radius 2 is 2.14 bits per heavy atom. The van der Waals surface area contributed by atoms with Crippen molar-refractivity contribution < 1.29 is 8.42 Å². The Kier molecular flexibility index (Phi) is 4.79. The summed E-state index contributed by atoms with van der Waals surface area (Å²) in [5.41, 5.74) is 5.62. The van der Waals surface area contributed by atoms with E-state index >= 15 is 0 Å². The zero-order valence-corrected chi connectivity index (χ0v) is 14.6. The Hall–Kier alpha value is -1.26. The van der Waals surface area contributed by atoms with Gasteiger partial charge in [-0.15, -0.1) is 10.2 Å². The molecule has 0 aliphatic rings. The number of nitrogens with two attached hydrogens (primary N) is 1. The predicted molar refractivity (Wildman–Crippen MR) is 85.6 cm³/mol. The monoisotopic (exact) mass is 391 g/mol. The van der Waals surface area contributed by atoms with Gasteiger partial charge in [0.15, 0.2) is 0 Å². The lowest BCUT2D eigenvalue weighted by Crippen LogP contribution is -2.15. The van der Waals surface area contributed by atoms with Crippen molar-refractivity contribution in [2.24, 2.45) is 5.92 Å². The van der Waals surface area contributed by atoms with Crippen molar-refractivity contribution in [1.82, 2.24) is 15.2 Å². The van der Waals surface area contributed by atoms with Crippen LogP contribution < -0.4 is 10.5 Å². The second kappa shape index (κ2) is 6.24. The number of nitrogens with one attached hydrogen (secondary N) is 1. The fourth-order valence-corrected chi connectivity index (χ4v) is 4.32. The van der Waals surface area contributed by atoms with Gasteiger partial charge < -0.3 is 5.73 Å². The van der Waals surface area contributed by atoms with Crippen LogP contribution in [0.4, 0.5) is 10.9 Å². The molecule has 0 fully saturated rings. The lowest BCUT2D eigenvalue weighted by Gasteiger charge is -2.07. The van der Waals surface area contributed by atoms with Crippen LogP contribution in [-0.2, 0) is 16.4 Å². The van der Waals surface area contributed by atoms with Gasteiger partial charge in [-0.1, -0.05) is 25.2 Å². The molecule has 2 rings (SSSR count). The molecule has 21 heavy (non-hydrogen) atoms. The average Bonchev–Trinajstić information content (AvgIpc) is 2.77. The highest BCUT2D eigenvalue weighted by atomic mass is 79.9. The number of anilines is 2. The Morgan fingerprint density at radius 3 is 2.81 bits per heavy atom. The number of nitrogens with zero attached hydrogens (tertiary/aromatic N) is 3. The number of hydrogen-bond acceptors (Lipinski definition) is 7. The molecule has 0 radical (unpaired) electrons. The van der Waals surface area contributed by atoms with Gasteiger partial charge in [-0.25, -0.2) is 13.4 Å². The van der Waals surface area contributed by atoms with Gasteiger partial charge >= 0.3 is 0 Å². The van der Waals surface area contributed by atoms with Crippen molar-refractivity contribution >= 4 is 48.2 Å². The maximum Gasteiger partial charge on any atom is 0.267 e. The molecule has 2 aromatic rings. The van der Waals surface area contributed by atoms with Crippen LogP contribution in [0.5, 0.6) is 0 Å². The third-order valence-electron chi connectivity index (χ3n) is 2.41. The molecule has 0 aromatic carbocycles. The van der Waals surface area contributed by atoms with Crippen LogP contribution in [0.15, 0.2) is 21.6 Å². The molecule has 0 amide bonds. The molecule has 2 aromatic heterocycles. The highest BCUT2D eigenvalue weighted by molar-refractivity contribution is 9.10. The molecule has 0 unspecified atom stereocenters. The van der Waals surface area contributed by atoms with Crippen molar-refractivity contribution in [3.05, 3.63) is 21.7 Å². The van der Waals surface area contributed by atoms with Gasteiger partial charge in [0.1, 0.15) is 15.7 Å². The van der Waals surface area contributed by atoms with Gasteiger partial charge in [0.05, 0.1) is 0 Å². The van der Waals surface area contributed by atoms with Crippen molar-refractivity contribution in [2.75, 3.05) is 10.5 Å². The van der Waals surface area contributed by atoms with Crippen LogP contribution in [0.2, 0.25) is 0 Å². The largest absolute Gasteiger partial charge is 0.383 e. The molecule has 0 aliphatic heterocycles. The minimum absolute atomic E-state index is 0.0716. The van der Waals surface area contributed by atoms with E-state index in [1.807, 2.05) is 0 Å². The number of hydrogen-bond donors (Lipinski definition) is 2. The fraction of sp³-hybridized carbons (Fsp3) is 0.364. The van der Waals surface area contributed by atoms with E-state index in [1.165, 1.54) is 23.6 Å². The molecular formula is C11H14BrN5O2S2. The van der Waals surface area contributed by atoms with Crippen molar-refractivity contribution in [2.45, 2.75) is 25.2 Å². The first kappa shape index (κ1) is 16.1. The maximum absolute atomic E-state index is 12.3. The molecule has 10 heteroatoms. The second-order valence-corrected chi connectivity index (χ2v) is 8.37. The van der Waals surface area contributed by atoms with E-state index in [0.717, 1.165) is 11.4 Å². The zero-order valence-electron chi connectivity index (χ0n) is 11.4. The first-order valence-electron chi connectivity index (χ1n) is 6.04. The molecule has 0 atom stereocenters. The van der Waals surface area contributed by atoms with Crippen LogP contribution in [-0.4, -0.2) is 23.6 Å². The summed E-state index contributed by atoms with van der Waals surface area (Å²) in [4.78, 5) is 3.71. The smallest absolute Gasteiger partial charge is 0.267 e. The maximum atomic E-state index is 12.3. The van der Waals surface area contributed by atoms with E-state index in [0.29, 0.717) is 10.4 Å². The molecule has 0 saturated heterocycles. The summed E-state index contributed by atoms with van der Waals surface area (Å²) in [5.74, 6) is 0.352.